The van der Waals surface area contributed by atoms with E-state index in [9.17, 15) is 24.8 Å². The largest absolute Gasteiger partial charge is 0.507 e. The Kier molecular flexibility index (Phi) is 6.66. The summed E-state index contributed by atoms with van der Waals surface area (Å²) in [7, 11) is 1.48. The molecule has 1 heterocycles. The van der Waals surface area contributed by atoms with Gasteiger partial charge in [0, 0.05) is 31.4 Å². The summed E-state index contributed by atoms with van der Waals surface area (Å²) < 4.78 is 10.5. The number of hydrogen-bond acceptors (Lipinski definition) is 7. The molecule has 1 amide bonds. The Bertz CT molecular complexity index is 1030. The van der Waals surface area contributed by atoms with Gasteiger partial charge in [-0.15, -0.1) is 0 Å². The average molecular weight is 426 g/mol. The molecule has 1 saturated heterocycles. The van der Waals surface area contributed by atoms with E-state index in [0.29, 0.717) is 17.9 Å². The zero-order chi connectivity index (χ0) is 22.5. The number of rotatable bonds is 8. The smallest absolute Gasteiger partial charge is 0.295 e. The predicted molar refractivity (Wildman–Crippen MR) is 112 cm³/mol. The van der Waals surface area contributed by atoms with E-state index in [1.165, 1.54) is 30.2 Å². The summed E-state index contributed by atoms with van der Waals surface area (Å²) >= 11 is 0. The zero-order valence-electron chi connectivity index (χ0n) is 17.1. The lowest BCUT2D eigenvalue weighted by Crippen LogP contribution is -2.32. The quantitative estimate of drug-likeness (QED) is 0.226. The van der Waals surface area contributed by atoms with Gasteiger partial charge in [-0.2, -0.15) is 0 Å². The van der Waals surface area contributed by atoms with Gasteiger partial charge in [-0.1, -0.05) is 24.3 Å². The number of carbonyl (C=O) groups is 2. The van der Waals surface area contributed by atoms with Crippen LogP contribution in [0.5, 0.6) is 5.75 Å². The maximum absolute atomic E-state index is 12.9. The van der Waals surface area contributed by atoms with Crippen molar-refractivity contribution in [2.45, 2.75) is 13.0 Å². The Morgan fingerprint density at radius 2 is 1.90 bits per heavy atom. The number of nitrogens with zero attached hydrogens (tertiary/aromatic N) is 2. The van der Waals surface area contributed by atoms with Crippen molar-refractivity contribution in [3.8, 4) is 5.75 Å². The topological polar surface area (TPSA) is 119 Å². The fourth-order valence-electron chi connectivity index (χ4n) is 3.48. The molecule has 0 aromatic heterocycles. The van der Waals surface area contributed by atoms with Crippen LogP contribution in [0.25, 0.3) is 5.76 Å². The molecule has 1 unspecified atom stereocenters. The Labute approximate surface area is 178 Å². The SMILES string of the molecule is CCOc1ccc(C2/C(=C(/O)c3cccc([N+](=O)[O-])c3)C(=O)C(=O)N2CCOC)cc1. The van der Waals surface area contributed by atoms with Crippen LogP contribution in [-0.2, 0) is 14.3 Å². The molecule has 1 N–H and O–H groups in total. The fraction of sp³-hybridized carbons (Fsp3) is 0.273. The van der Waals surface area contributed by atoms with Crippen molar-refractivity contribution < 1.29 is 29.1 Å². The molecule has 2 aromatic carbocycles. The monoisotopic (exact) mass is 426 g/mol. The van der Waals surface area contributed by atoms with E-state index in [-0.39, 0.29) is 30.0 Å². The minimum absolute atomic E-state index is 0.0786. The lowest BCUT2D eigenvalue weighted by molar-refractivity contribution is -0.384. The third-order valence-electron chi connectivity index (χ3n) is 4.91. The second kappa shape index (κ2) is 9.40. The lowest BCUT2D eigenvalue weighted by atomic mass is 9.95. The average Bonchev–Trinajstić information content (AvgIpc) is 3.02. The van der Waals surface area contributed by atoms with Crippen LogP contribution in [0.3, 0.4) is 0 Å². The fourth-order valence-corrected chi connectivity index (χ4v) is 3.48. The number of methoxy groups -OCH3 is 1. The summed E-state index contributed by atoms with van der Waals surface area (Å²) in [6.07, 6.45) is 0. The first-order chi connectivity index (χ1) is 14.9. The van der Waals surface area contributed by atoms with Gasteiger partial charge in [0.15, 0.2) is 0 Å². The van der Waals surface area contributed by atoms with Crippen molar-refractivity contribution in [1.82, 2.24) is 4.90 Å². The number of ketones is 1. The van der Waals surface area contributed by atoms with Gasteiger partial charge in [0.25, 0.3) is 17.4 Å². The molecular formula is C22H22N2O7. The van der Waals surface area contributed by atoms with Crippen LogP contribution in [0.1, 0.15) is 24.1 Å². The molecule has 1 atom stereocenters. The Hall–Kier alpha value is -3.72. The van der Waals surface area contributed by atoms with Crippen molar-refractivity contribution in [2.75, 3.05) is 26.9 Å². The number of non-ortho nitro benzene ring substituents is 1. The molecule has 1 fully saturated rings. The molecule has 31 heavy (non-hydrogen) atoms. The molecule has 1 aliphatic rings. The number of likely N-dealkylation sites (tertiary alicyclic amines) is 1. The number of nitro groups is 1. The highest BCUT2D eigenvalue weighted by Gasteiger charge is 2.45. The molecule has 9 nitrogen and oxygen atoms in total. The maximum atomic E-state index is 12.9. The van der Waals surface area contributed by atoms with Crippen LogP contribution in [-0.4, -0.2) is 53.5 Å². The number of hydrogen-bond donors (Lipinski definition) is 1. The van der Waals surface area contributed by atoms with Gasteiger partial charge in [0.2, 0.25) is 0 Å². The van der Waals surface area contributed by atoms with E-state index in [4.69, 9.17) is 9.47 Å². The van der Waals surface area contributed by atoms with Gasteiger partial charge in [-0.05, 0) is 24.6 Å². The summed E-state index contributed by atoms with van der Waals surface area (Å²) in [4.78, 5) is 37.4. The van der Waals surface area contributed by atoms with Gasteiger partial charge >= 0.3 is 0 Å². The van der Waals surface area contributed by atoms with Gasteiger partial charge < -0.3 is 19.5 Å². The summed E-state index contributed by atoms with van der Waals surface area (Å²) in [6.45, 7) is 2.66. The Balaban J connectivity index is 2.13. The first kappa shape index (κ1) is 22.0. The molecule has 0 bridgehead atoms. The lowest BCUT2D eigenvalue weighted by Gasteiger charge is -2.25. The number of nitro benzene ring substituents is 1. The zero-order valence-corrected chi connectivity index (χ0v) is 17.1. The Morgan fingerprint density at radius 3 is 2.52 bits per heavy atom. The van der Waals surface area contributed by atoms with Crippen molar-refractivity contribution in [3.63, 3.8) is 0 Å². The van der Waals surface area contributed by atoms with Crippen molar-refractivity contribution in [1.29, 1.82) is 0 Å². The van der Waals surface area contributed by atoms with E-state index in [1.54, 1.807) is 24.3 Å². The molecule has 0 radical (unpaired) electrons. The normalized spacial score (nSPS) is 17.7. The standard InChI is InChI=1S/C22H22N2O7/c1-3-31-17-9-7-14(8-10-17)19-18(21(26)22(27)23(19)11-12-30-2)20(25)15-5-4-6-16(13-15)24(28)29/h4-10,13,19,25H,3,11-12H2,1-2H3/b20-18-. The second-order valence-corrected chi connectivity index (χ2v) is 6.79. The second-order valence-electron chi connectivity index (χ2n) is 6.79. The van der Waals surface area contributed by atoms with Crippen LogP contribution < -0.4 is 4.74 Å². The van der Waals surface area contributed by atoms with Crippen molar-refractivity contribution >= 4 is 23.1 Å². The number of aliphatic hydroxyl groups excluding tert-OH is 1. The van der Waals surface area contributed by atoms with Gasteiger partial charge in [0.1, 0.15) is 11.5 Å². The highest BCUT2D eigenvalue weighted by Crippen LogP contribution is 2.40. The number of ether oxygens (including phenoxy) is 2. The Morgan fingerprint density at radius 1 is 1.19 bits per heavy atom. The molecule has 1 aliphatic heterocycles. The minimum atomic E-state index is -0.870. The van der Waals surface area contributed by atoms with Gasteiger partial charge in [0.05, 0.1) is 29.8 Å². The van der Waals surface area contributed by atoms with Crippen LogP contribution in [0.4, 0.5) is 5.69 Å². The summed E-state index contributed by atoms with van der Waals surface area (Å²) in [5.74, 6) is -1.48. The van der Waals surface area contributed by atoms with E-state index >= 15 is 0 Å². The van der Waals surface area contributed by atoms with Gasteiger partial charge in [-0.25, -0.2) is 0 Å². The third-order valence-corrected chi connectivity index (χ3v) is 4.91. The van der Waals surface area contributed by atoms with E-state index < -0.39 is 28.4 Å². The molecule has 9 heteroatoms. The van der Waals surface area contributed by atoms with Crippen LogP contribution in [0, 0.1) is 10.1 Å². The highest BCUT2D eigenvalue weighted by atomic mass is 16.6. The molecular weight excluding hydrogens is 404 g/mol. The van der Waals surface area contributed by atoms with Crippen LogP contribution >= 0.6 is 0 Å². The number of Topliss-reactive ketones (excluding diaryl/α,β-unsaturated/α-hetero) is 1. The minimum Gasteiger partial charge on any atom is -0.507 e. The summed E-state index contributed by atoms with van der Waals surface area (Å²) in [6, 6.07) is 11.3. The van der Waals surface area contributed by atoms with E-state index in [0.717, 1.165) is 6.07 Å². The van der Waals surface area contributed by atoms with Crippen molar-refractivity contribution in [2.24, 2.45) is 0 Å². The van der Waals surface area contributed by atoms with Crippen molar-refractivity contribution in [3.05, 3.63) is 75.3 Å². The number of carbonyl (C=O) groups excluding carboxylic acids is 2. The molecule has 2 aromatic rings. The van der Waals surface area contributed by atoms with E-state index in [1.807, 2.05) is 6.92 Å². The van der Waals surface area contributed by atoms with Crippen LogP contribution in [0.15, 0.2) is 54.1 Å². The third kappa shape index (κ3) is 4.41. The number of amides is 1. The molecule has 162 valence electrons. The molecule has 0 spiro atoms. The molecule has 0 saturated carbocycles. The number of benzene rings is 2. The number of aliphatic hydroxyl groups is 1. The predicted octanol–water partition coefficient (Wildman–Crippen LogP) is 3.06. The molecule has 3 rings (SSSR count). The first-order valence-corrected chi connectivity index (χ1v) is 9.64. The van der Waals surface area contributed by atoms with Crippen LogP contribution in [0.2, 0.25) is 0 Å². The maximum Gasteiger partial charge on any atom is 0.295 e. The highest BCUT2D eigenvalue weighted by molar-refractivity contribution is 6.46. The molecule has 0 aliphatic carbocycles. The summed E-state index contributed by atoms with van der Waals surface area (Å²) in [5, 5.41) is 22.0. The van der Waals surface area contributed by atoms with Gasteiger partial charge in [-0.3, -0.25) is 19.7 Å². The first-order valence-electron chi connectivity index (χ1n) is 9.64. The van der Waals surface area contributed by atoms with E-state index in [2.05, 4.69) is 0 Å². The summed E-state index contributed by atoms with van der Waals surface area (Å²) in [5.41, 5.74) is 0.293.